The molecule has 0 aliphatic heterocycles. The van der Waals surface area contributed by atoms with Crippen LogP contribution in [0.2, 0.25) is 0 Å². The molecule has 15 heavy (non-hydrogen) atoms. The Morgan fingerprint density at radius 1 is 1.47 bits per heavy atom. The van der Waals surface area contributed by atoms with Crippen LogP contribution in [-0.4, -0.2) is 28.0 Å². The third-order valence-electron chi connectivity index (χ3n) is 2.10. The van der Waals surface area contributed by atoms with Gasteiger partial charge in [0.1, 0.15) is 0 Å². The minimum absolute atomic E-state index is 0. The van der Waals surface area contributed by atoms with E-state index in [9.17, 15) is 0 Å². The van der Waals surface area contributed by atoms with E-state index in [1.54, 1.807) is 0 Å². The molecule has 88 valence electrons. The first-order valence-electron chi connectivity index (χ1n) is 5.19. The van der Waals surface area contributed by atoms with E-state index in [-0.39, 0.29) is 19.0 Å². The van der Waals surface area contributed by atoms with Gasteiger partial charge < -0.3 is 10.4 Å². The predicted octanol–water partition coefficient (Wildman–Crippen LogP) is 1.19. The molecule has 0 bridgehead atoms. The quantitative estimate of drug-likeness (QED) is 0.696. The summed E-state index contributed by atoms with van der Waals surface area (Å²) in [6.07, 6.45) is 5.85. The van der Waals surface area contributed by atoms with Crippen molar-refractivity contribution in [1.29, 1.82) is 0 Å². The molecule has 0 aliphatic rings. The Bertz CT molecular complexity index is 253. The highest BCUT2D eigenvalue weighted by molar-refractivity contribution is 5.85. The van der Waals surface area contributed by atoms with Gasteiger partial charge in [-0.3, -0.25) is 4.68 Å². The van der Waals surface area contributed by atoms with Gasteiger partial charge in [-0.25, -0.2) is 0 Å². The van der Waals surface area contributed by atoms with Crippen LogP contribution in [0.4, 0.5) is 0 Å². The van der Waals surface area contributed by atoms with E-state index in [4.69, 9.17) is 5.11 Å². The summed E-state index contributed by atoms with van der Waals surface area (Å²) in [5, 5.41) is 16.1. The second-order valence-electron chi connectivity index (χ2n) is 3.31. The van der Waals surface area contributed by atoms with Crippen LogP contribution < -0.4 is 5.32 Å². The lowest BCUT2D eigenvalue weighted by molar-refractivity contribution is 0.283. The molecule has 0 radical (unpaired) electrons. The Kier molecular flexibility index (Phi) is 8.37. The summed E-state index contributed by atoms with van der Waals surface area (Å²) in [6, 6.07) is 0. The second-order valence-corrected chi connectivity index (χ2v) is 3.31. The summed E-state index contributed by atoms with van der Waals surface area (Å²) in [7, 11) is 0. The van der Waals surface area contributed by atoms with Gasteiger partial charge in [-0.1, -0.05) is 0 Å². The van der Waals surface area contributed by atoms with Crippen LogP contribution in [0.3, 0.4) is 0 Å². The van der Waals surface area contributed by atoms with Gasteiger partial charge in [0.2, 0.25) is 0 Å². The van der Waals surface area contributed by atoms with Gasteiger partial charge in [0.15, 0.2) is 0 Å². The van der Waals surface area contributed by atoms with Crippen LogP contribution in [0.25, 0.3) is 0 Å². The molecule has 1 aromatic heterocycles. The van der Waals surface area contributed by atoms with Crippen LogP contribution in [-0.2, 0) is 13.1 Å². The molecular weight excluding hydrogens is 214 g/mol. The van der Waals surface area contributed by atoms with Crippen LogP contribution in [0.5, 0.6) is 0 Å². The number of nitrogens with zero attached hydrogens (tertiary/aromatic N) is 2. The molecule has 0 saturated carbocycles. The maximum Gasteiger partial charge on any atom is 0.0534 e. The van der Waals surface area contributed by atoms with E-state index in [0.29, 0.717) is 0 Å². The van der Waals surface area contributed by atoms with Crippen LogP contribution >= 0.6 is 12.4 Å². The SMILES string of the molecule is CCn1cc(CNCCCCO)cn1.Cl. The zero-order chi connectivity index (χ0) is 10.2. The Morgan fingerprint density at radius 2 is 2.27 bits per heavy atom. The van der Waals surface area contributed by atoms with Crippen molar-refractivity contribution in [2.24, 2.45) is 0 Å². The highest BCUT2D eigenvalue weighted by Gasteiger charge is 1.95. The summed E-state index contributed by atoms with van der Waals surface area (Å²) in [6.45, 7) is 5.11. The summed E-state index contributed by atoms with van der Waals surface area (Å²) in [4.78, 5) is 0. The maximum absolute atomic E-state index is 8.58. The molecule has 1 rings (SSSR count). The smallest absolute Gasteiger partial charge is 0.0534 e. The summed E-state index contributed by atoms with van der Waals surface area (Å²) in [5.41, 5.74) is 1.22. The average Bonchev–Trinajstić information content (AvgIpc) is 2.65. The van der Waals surface area contributed by atoms with Crippen LogP contribution in [0.15, 0.2) is 12.4 Å². The number of unbranched alkanes of at least 4 members (excludes halogenated alkanes) is 1. The van der Waals surface area contributed by atoms with Crippen molar-refractivity contribution in [2.75, 3.05) is 13.2 Å². The number of aliphatic hydroxyl groups excluding tert-OH is 1. The molecule has 0 unspecified atom stereocenters. The highest BCUT2D eigenvalue weighted by atomic mass is 35.5. The zero-order valence-electron chi connectivity index (χ0n) is 9.15. The van der Waals surface area contributed by atoms with E-state index in [1.165, 1.54) is 5.56 Å². The second kappa shape index (κ2) is 8.71. The number of hydrogen-bond donors (Lipinski definition) is 2. The molecule has 4 nitrogen and oxygen atoms in total. The van der Waals surface area contributed by atoms with E-state index < -0.39 is 0 Å². The van der Waals surface area contributed by atoms with Gasteiger partial charge in [-0.05, 0) is 26.3 Å². The lowest BCUT2D eigenvalue weighted by atomic mass is 10.3. The van der Waals surface area contributed by atoms with Crippen molar-refractivity contribution in [2.45, 2.75) is 32.9 Å². The molecule has 0 amide bonds. The highest BCUT2D eigenvalue weighted by Crippen LogP contribution is 1.96. The summed E-state index contributed by atoms with van der Waals surface area (Å²) >= 11 is 0. The van der Waals surface area contributed by atoms with Gasteiger partial charge in [0, 0.05) is 31.5 Å². The van der Waals surface area contributed by atoms with Gasteiger partial charge in [0.05, 0.1) is 6.20 Å². The van der Waals surface area contributed by atoms with E-state index >= 15 is 0 Å². The summed E-state index contributed by atoms with van der Waals surface area (Å²) < 4.78 is 1.92. The Morgan fingerprint density at radius 3 is 2.87 bits per heavy atom. The van der Waals surface area contributed by atoms with Gasteiger partial charge in [-0.2, -0.15) is 5.10 Å². The first kappa shape index (κ1) is 14.4. The number of aryl methyl sites for hydroxylation is 1. The van der Waals surface area contributed by atoms with Crippen molar-refractivity contribution in [3.8, 4) is 0 Å². The molecule has 0 fully saturated rings. The first-order chi connectivity index (χ1) is 6.86. The third-order valence-corrected chi connectivity index (χ3v) is 2.10. The molecule has 1 heterocycles. The monoisotopic (exact) mass is 233 g/mol. The van der Waals surface area contributed by atoms with Gasteiger partial charge >= 0.3 is 0 Å². The lowest BCUT2D eigenvalue weighted by Gasteiger charge is -2.00. The fourth-order valence-electron chi connectivity index (χ4n) is 1.27. The normalized spacial score (nSPS) is 10.0. The standard InChI is InChI=1S/C10H19N3O.ClH/c1-2-13-9-10(8-12-13)7-11-5-3-4-6-14;/h8-9,11,14H,2-7H2,1H3;1H. The number of aromatic nitrogens is 2. The van der Waals surface area contributed by atoms with E-state index in [2.05, 4.69) is 23.5 Å². The van der Waals surface area contributed by atoms with E-state index in [0.717, 1.165) is 32.5 Å². The minimum Gasteiger partial charge on any atom is -0.396 e. The van der Waals surface area contributed by atoms with Gasteiger partial charge in [-0.15, -0.1) is 12.4 Å². The molecule has 0 aliphatic carbocycles. The summed E-state index contributed by atoms with van der Waals surface area (Å²) in [5.74, 6) is 0. The molecule has 0 saturated heterocycles. The fourth-order valence-corrected chi connectivity index (χ4v) is 1.27. The van der Waals surface area contributed by atoms with Gasteiger partial charge in [0.25, 0.3) is 0 Å². The number of halogens is 1. The predicted molar refractivity (Wildman–Crippen MR) is 63.2 cm³/mol. The zero-order valence-corrected chi connectivity index (χ0v) is 9.96. The molecule has 0 spiro atoms. The topological polar surface area (TPSA) is 50.1 Å². The van der Waals surface area contributed by atoms with E-state index in [1.807, 2.05) is 10.9 Å². The number of aliphatic hydroxyl groups is 1. The molecule has 0 aromatic carbocycles. The molecular formula is C10H20ClN3O. The van der Waals surface area contributed by atoms with Crippen LogP contribution in [0, 0.1) is 0 Å². The minimum atomic E-state index is 0. The number of nitrogens with one attached hydrogen (secondary N) is 1. The molecule has 0 atom stereocenters. The van der Waals surface area contributed by atoms with Crippen LogP contribution in [0.1, 0.15) is 25.3 Å². The average molecular weight is 234 g/mol. The molecule has 5 heteroatoms. The van der Waals surface area contributed by atoms with Crippen molar-refractivity contribution in [3.05, 3.63) is 18.0 Å². The fraction of sp³-hybridized carbons (Fsp3) is 0.700. The van der Waals surface area contributed by atoms with Crippen molar-refractivity contribution < 1.29 is 5.11 Å². The Hall–Kier alpha value is -0.580. The Balaban J connectivity index is 0.00000196. The molecule has 2 N–H and O–H groups in total. The maximum atomic E-state index is 8.58. The Labute approximate surface area is 97.1 Å². The van der Waals surface area contributed by atoms with Crippen molar-refractivity contribution in [3.63, 3.8) is 0 Å². The largest absolute Gasteiger partial charge is 0.396 e. The van der Waals surface area contributed by atoms with Crippen molar-refractivity contribution in [1.82, 2.24) is 15.1 Å². The molecule has 1 aromatic rings. The third kappa shape index (κ3) is 5.77. The van der Waals surface area contributed by atoms with Crippen molar-refractivity contribution >= 4 is 12.4 Å². The first-order valence-corrected chi connectivity index (χ1v) is 5.19. The number of hydrogen-bond acceptors (Lipinski definition) is 3. The lowest BCUT2D eigenvalue weighted by Crippen LogP contribution is -2.14. The number of rotatable bonds is 7.